The molecule has 1 fully saturated rings. The van der Waals surface area contributed by atoms with Gasteiger partial charge in [-0.2, -0.15) is 0 Å². The number of hydrogen-bond acceptors (Lipinski definition) is 4. The van der Waals surface area contributed by atoms with Gasteiger partial charge in [-0.3, -0.25) is 4.79 Å². The number of carbonyl (C=O) groups excluding carboxylic acids is 1. The van der Waals surface area contributed by atoms with E-state index in [4.69, 9.17) is 4.74 Å². The minimum absolute atomic E-state index is 0.00207. The third kappa shape index (κ3) is 5.51. The Kier molecular flexibility index (Phi) is 7.12. The molecule has 0 radical (unpaired) electrons. The van der Waals surface area contributed by atoms with Crippen LogP contribution in [0.2, 0.25) is 0 Å². The number of amides is 1. The zero-order valence-electron chi connectivity index (χ0n) is 18.2. The number of benzene rings is 2. The molecule has 0 saturated heterocycles. The van der Waals surface area contributed by atoms with Crippen molar-refractivity contribution in [3.63, 3.8) is 0 Å². The summed E-state index contributed by atoms with van der Waals surface area (Å²) in [6, 6.07) is 18.8. The molecule has 0 bridgehead atoms. The highest BCUT2D eigenvalue weighted by atomic mass is 19.1. The number of nitrogens with zero attached hydrogens (tertiary/aromatic N) is 1. The molecule has 0 atom stereocenters. The lowest BCUT2D eigenvalue weighted by molar-refractivity contribution is -0.120. The van der Waals surface area contributed by atoms with E-state index in [9.17, 15) is 9.18 Å². The van der Waals surface area contributed by atoms with E-state index in [-0.39, 0.29) is 17.6 Å². The topological polar surface area (TPSA) is 63.2 Å². The van der Waals surface area contributed by atoms with Crippen LogP contribution in [0.15, 0.2) is 66.9 Å². The van der Waals surface area contributed by atoms with Crippen molar-refractivity contribution in [1.29, 1.82) is 0 Å². The molecule has 166 valence electrons. The van der Waals surface area contributed by atoms with Gasteiger partial charge >= 0.3 is 0 Å². The molecule has 32 heavy (non-hydrogen) atoms. The van der Waals surface area contributed by atoms with Crippen LogP contribution in [0.4, 0.5) is 10.2 Å². The molecule has 1 aromatic heterocycles. The van der Waals surface area contributed by atoms with Crippen molar-refractivity contribution in [3.8, 4) is 16.9 Å². The van der Waals surface area contributed by atoms with Crippen molar-refractivity contribution >= 4 is 11.7 Å². The zero-order chi connectivity index (χ0) is 22.3. The monoisotopic (exact) mass is 433 g/mol. The van der Waals surface area contributed by atoms with Crippen molar-refractivity contribution in [3.05, 3.63) is 78.2 Å². The van der Waals surface area contributed by atoms with Crippen LogP contribution in [0.25, 0.3) is 11.1 Å². The van der Waals surface area contributed by atoms with E-state index in [1.165, 1.54) is 24.8 Å². The largest absolute Gasteiger partial charge is 0.496 e. The van der Waals surface area contributed by atoms with E-state index in [0.29, 0.717) is 17.6 Å². The van der Waals surface area contributed by atoms with Gasteiger partial charge in [-0.1, -0.05) is 30.3 Å². The van der Waals surface area contributed by atoms with Gasteiger partial charge in [-0.15, -0.1) is 0 Å². The Labute approximate surface area is 188 Å². The lowest BCUT2D eigenvalue weighted by Gasteiger charge is -2.28. The van der Waals surface area contributed by atoms with Crippen molar-refractivity contribution in [2.45, 2.75) is 38.3 Å². The minimum atomic E-state index is -0.359. The molecule has 0 aliphatic heterocycles. The van der Waals surface area contributed by atoms with E-state index in [2.05, 4.69) is 27.8 Å². The number of anilines is 1. The molecular weight excluding hydrogens is 405 g/mol. The number of nitrogens with one attached hydrogen (secondary N) is 2. The molecule has 2 N–H and O–H groups in total. The molecule has 6 heteroatoms. The first kappa shape index (κ1) is 22.0. The lowest BCUT2D eigenvalue weighted by atomic mass is 9.85. The molecule has 1 saturated carbocycles. The number of methoxy groups -OCH3 is 1. The van der Waals surface area contributed by atoms with Gasteiger partial charge in [0.25, 0.3) is 0 Å². The molecule has 0 unspecified atom stereocenters. The molecule has 1 heterocycles. The highest BCUT2D eigenvalue weighted by molar-refractivity contribution is 5.92. The predicted octanol–water partition coefficient (Wildman–Crippen LogP) is 5.18. The molecule has 3 aromatic rings. The summed E-state index contributed by atoms with van der Waals surface area (Å²) in [4.78, 5) is 17.1. The third-order valence-corrected chi connectivity index (χ3v) is 6.02. The van der Waals surface area contributed by atoms with Gasteiger partial charge in [0.15, 0.2) is 0 Å². The zero-order valence-corrected chi connectivity index (χ0v) is 18.2. The summed E-state index contributed by atoms with van der Waals surface area (Å²) in [5.74, 6) is 0.554. The smallest absolute Gasteiger partial charge is 0.228 e. The summed E-state index contributed by atoms with van der Waals surface area (Å²) in [5.41, 5.74) is 2.83. The van der Waals surface area contributed by atoms with E-state index in [1.807, 2.05) is 24.3 Å². The Hall–Kier alpha value is -3.25. The van der Waals surface area contributed by atoms with Crippen LogP contribution in [-0.4, -0.2) is 24.0 Å². The molecule has 1 aliphatic rings. The average Bonchev–Trinajstić information content (AvgIpc) is 2.83. The van der Waals surface area contributed by atoms with Gasteiger partial charge in [-0.25, -0.2) is 9.37 Å². The van der Waals surface area contributed by atoms with Crippen LogP contribution in [0, 0.1) is 11.7 Å². The Balaban J connectivity index is 1.32. The van der Waals surface area contributed by atoms with Crippen LogP contribution >= 0.6 is 0 Å². The number of pyridine rings is 1. The summed E-state index contributed by atoms with van der Waals surface area (Å²) in [6.45, 7) is 0.853. The van der Waals surface area contributed by atoms with Crippen LogP contribution in [0.1, 0.15) is 31.2 Å². The molecule has 5 nitrogen and oxygen atoms in total. The fourth-order valence-electron chi connectivity index (χ4n) is 4.22. The van der Waals surface area contributed by atoms with Crippen LogP contribution in [-0.2, 0) is 11.3 Å². The van der Waals surface area contributed by atoms with Crippen molar-refractivity contribution in [2.24, 2.45) is 5.92 Å². The highest BCUT2D eigenvalue weighted by Crippen LogP contribution is 2.32. The van der Waals surface area contributed by atoms with Crippen LogP contribution in [0.5, 0.6) is 5.75 Å². The number of ether oxygens (including phenoxy) is 1. The Bertz CT molecular complexity index is 1050. The van der Waals surface area contributed by atoms with Gasteiger partial charge < -0.3 is 15.4 Å². The van der Waals surface area contributed by atoms with E-state index >= 15 is 0 Å². The second-order valence-electron chi connectivity index (χ2n) is 8.18. The summed E-state index contributed by atoms with van der Waals surface area (Å²) in [5, 5.41) is 6.56. The van der Waals surface area contributed by atoms with Gasteiger partial charge in [0.1, 0.15) is 17.4 Å². The van der Waals surface area contributed by atoms with Crippen LogP contribution < -0.4 is 15.4 Å². The minimum Gasteiger partial charge on any atom is -0.496 e. The van der Waals surface area contributed by atoms with E-state index < -0.39 is 0 Å². The Morgan fingerprint density at radius 1 is 1.06 bits per heavy atom. The quantitative estimate of drug-likeness (QED) is 0.539. The Morgan fingerprint density at radius 3 is 2.59 bits per heavy atom. The predicted molar refractivity (Wildman–Crippen MR) is 124 cm³/mol. The fourth-order valence-corrected chi connectivity index (χ4v) is 4.22. The second kappa shape index (κ2) is 10.4. The molecule has 1 amide bonds. The van der Waals surface area contributed by atoms with Crippen molar-refractivity contribution in [2.75, 3.05) is 12.4 Å². The summed E-state index contributed by atoms with van der Waals surface area (Å²) in [6.07, 6.45) is 5.29. The van der Waals surface area contributed by atoms with Crippen molar-refractivity contribution < 1.29 is 13.9 Å². The number of halogens is 1. The Morgan fingerprint density at radius 2 is 1.84 bits per heavy atom. The van der Waals surface area contributed by atoms with E-state index in [0.717, 1.165) is 43.4 Å². The second-order valence-corrected chi connectivity index (χ2v) is 8.18. The molecular formula is C26H28FN3O2. The number of hydrogen-bond donors (Lipinski definition) is 2. The maximum atomic E-state index is 13.5. The first-order chi connectivity index (χ1) is 15.6. The van der Waals surface area contributed by atoms with Crippen LogP contribution in [0.3, 0.4) is 0 Å². The van der Waals surface area contributed by atoms with Gasteiger partial charge in [0.2, 0.25) is 5.91 Å². The average molecular weight is 434 g/mol. The van der Waals surface area contributed by atoms with Gasteiger partial charge in [-0.05, 0) is 61.1 Å². The molecule has 2 aromatic carbocycles. The van der Waals surface area contributed by atoms with Gasteiger partial charge in [0.05, 0.1) is 7.11 Å². The maximum Gasteiger partial charge on any atom is 0.228 e. The summed E-state index contributed by atoms with van der Waals surface area (Å²) >= 11 is 0. The molecule has 1 aliphatic carbocycles. The maximum absolute atomic E-state index is 13.5. The first-order valence-electron chi connectivity index (χ1n) is 11.0. The normalized spacial score (nSPS) is 18.2. The lowest BCUT2D eigenvalue weighted by Crippen LogP contribution is -2.36. The molecule has 4 rings (SSSR count). The SMILES string of the molecule is COc1cc(F)ccc1-c1ccnc(NC(=O)C2CCC(NCc3ccccc3)CC2)c1. The molecule has 0 spiro atoms. The van der Waals surface area contributed by atoms with Gasteiger partial charge in [0, 0.05) is 36.3 Å². The first-order valence-corrected chi connectivity index (χ1v) is 11.0. The number of carbonyl (C=O) groups is 1. The van der Waals surface area contributed by atoms with E-state index in [1.54, 1.807) is 18.3 Å². The third-order valence-electron chi connectivity index (χ3n) is 6.02. The number of aromatic nitrogens is 1. The fraction of sp³-hybridized carbons (Fsp3) is 0.308. The standard InChI is InChI=1S/C26H28FN3O2/c1-32-24-16-21(27)9-12-23(24)20-13-14-28-25(15-20)30-26(31)19-7-10-22(11-8-19)29-17-18-5-3-2-4-6-18/h2-6,9,12-16,19,22,29H,7-8,10-11,17H2,1H3,(H,28,30,31). The summed E-state index contributed by atoms with van der Waals surface area (Å²) < 4.78 is 18.8. The van der Waals surface area contributed by atoms with Crippen molar-refractivity contribution in [1.82, 2.24) is 10.3 Å². The summed E-state index contributed by atoms with van der Waals surface area (Å²) in [7, 11) is 1.51. The number of rotatable bonds is 7. The highest BCUT2D eigenvalue weighted by Gasteiger charge is 2.26.